The Bertz CT molecular complexity index is 363. The lowest BCUT2D eigenvalue weighted by atomic mass is 9.83. The van der Waals surface area contributed by atoms with Crippen molar-refractivity contribution in [2.45, 2.75) is 72.6 Å². The number of aliphatic imine (C=N–C) groups is 1. The molecule has 0 aliphatic heterocycles. The molecule has 0 saturated heterocycles. The summed E-state index contributed by atoms with van der Waals surface area (Å²) in [7, 11) is 0. The Balaban J connectivity index is 2.40. The maximum atomic E-state index is 5.62. The molecule has 5 nitrogen and oxygen atoms in total. The summed E-state index contributed by atoms with van der Waals surface area (Å²) in [6.45, 7) is 16.7. The Hall–Kier alpha value is -0.810. The highest BCUT2D eigenvalue weighted by Crippen LogP contribution is 2.41. The molecule has 0 aromatic heterocycles. The largest absolute Gasteiger partial charge is 0.382 e. The Labute approximate surface area is 162 Å². The lowest BCUT2D eigenvalue weighted by molar-refractivity contribution is 0.107. The van der Waals surface area contributed by atoms with Crippen LogP contribution in [0.1, 0.15) is 72.6 Å². The van der Waals surface area contributed by atoms with Gasteiger partial charge in [-0.1, -0.05) is 26.7 Å². The van der Waals surface area contributed by atoms with Gasteiger partial charge in [0.15, 0.2) is 5.96 Å². The van der Waals surface area contributed by atoms with Crippen molar-refractivity contribution in [2.24, 2.45) is 10.4 Å². The molecule has 0 bridgehead atoms. The normalized spacial score (nSPS) is 17.0. The van der Waals surface area contributed by atoms with E-state index >= 15 is 0 Å². The SMILES string of the molecule is CCNC(=NCC1(CCOCC)CCCC1)NCCCCN(CC)CC. The summed E-state index contributed by atoms with van der Waals surface area (Å²) in [5, 5.41) is 6.94. The van der Waals surface area contributed by atoms with Crippen LogP contribution in [-0.4, -0.2) is 63.3 Å². The number of ether oxygens (including phenoxy) is 1. The lowest BCUT2D eigenvalue weighted by Crippen LogP contribution is -2.39. The van der Waals surface area contributed by atoms with Gasteiger partial charge in [0.2, 0.25) is 0 Å². The maximum absolute atomic E-state index is 5.62. The molecule has 5 heteroatoms. The molecule has 1 saturated carbocycles. The van der Waals surface area contributed by atoms with E-state index in [1.807, 2.05) is 0 Å². The van der Waals surface area contributed by atoms with Crippen molar-refractivity contribution < 1.29 is 4.74 Å². The molecule has 1 aliphatic rings. The quantitative estimate of drug-likeness (QED) is 0.279. The highest BCUT2D eigenvalue weighted by atomic mass is 16.5. The Kier molecular flexibility index (Phi) is 12.8. The molecule has 0 spiro atoms. The van der Waals surface area contributed by atoms with E-state index in [9.17, 15) is 0 Å². The van der Waals surface area contributed by atoms with E-state index in [2.05, 4.69) is 43.2 Å². The average molecular weight is 369 g/mol. The van der Waals surface area contributed by atoms with E-state index in [1.165, 1.54) is 45.1 Å². The zero-order valence-corrected chi connectivity index (χ0v) is 17.9. The van der Waals surface area contributed by atoms with Crippen LogP contribution in [0.25, 0.3) is 0 Å². The zero-order chi connectivity index (χ0) is 19.1. The van der Waals surface area contributed by atoms with Crippen LogP contribution in [-0.2, 0) is 4.74 Å². The molecule has 154 valence electrons. The first kappa shape index (κ1) is 23.2. The third-order valence-electron chi connectivity index (χ3n) is 5.65. The van der Waals surface area contributed by atoms with Gasteiger partial charge in [-0.25, -0.2) is 0 Å². The van der Waals surface area contributed by atoms with Gasteiger partial charge in [-0.2, -0.15) is 0 Å². The number of hydrogen-bond acceptors (Lipinski definition) is 3. The van der Waals surface area contributed by atoms with Crippen molar-refractivity contribution >= 4 is 5.96 Å². The molecule has 1 rings (SSSR count). The average Bonchev–Trinajstić information content (AvgIpc) is 3.12. The summed E-state index contributed by atoms with van der Waals surface area (Å²) in [5.74, 6) is 0.984. The minimum Gasteiger partial charge on any atom is -0.382 e. The molecule has 1 fully saturated rings. The van der Waals surface area contributed by atoms with Crippen LogP contribution >= 0.6 is 0 Å². The summed E-state index contributed by atoms with van der Waals surface area (Å²) in [6, 6.07) is 0. The van der Waals surface area contributed by atoms with Gasteiger partial charge in [0, 0.05) is 32.8 Å². The summed E-state index contributed by atoms with van der Waals surface area (Å²) >= 11 is 0. The van der Waals surface area contributed by atoms with Gasteiger partial charge in [0.05, 0.1) is 0 Å². The lowest BCUT2D eigenvalue weighted by Gasteiger charge is -2.27. The molecule has 0 heterocycles. The molecule has 2 N–H and O–H groups in total. The number of unbranched alkanes of at least 4 members (excludes halogenated alkanes) is 1. The number of nitrogens with one attached hydrogen (secondary N) is 2. The van der Waals surface area contributed by atoms with Crippen molar-refractivity contribution in [1.29, 1.82) is 0 Å². The monoisotopic (exact) mass is 368 g/mol. The molecular formula is C21H44N4O. The Morgan fingerprint density at radius 2 is 1.77 bits per heavy atom. The summed E-state index contributed by atoms with van der Waals surface area (Å²) in [4.78, 5) is 7.43. The fraction of sp³-hybridized carbons (Fsp3) is 0.952. The molecule has 0 aromatic carbocycles. The summed E-state index contributed by atoms with van der Waals surface area (Å²) in [6.07, 6.45) is 8.87. The third kappa shape index (κ3) is 9.22. The van der Waals surface area contributed by atoms with Crippen molar-refractivity contribution in [1.82, 2.24) is 15.5 Å². The molecule has 0 unspecified atom stereocenters. The topological polar surface area (TPSA) is 48.9 Å². The van der Waals surface area contributed by atoms with Crippen LogP contribution in [0.15, 0.2) is 4.99 Å². The number of hydrogen-bond donors (Lipinski definition) is 2. The van der Waals surface area contributed by atoms with Crippen molar-refractivity contribution in [3.63, 3.8) is 0 Å². The van der Waals surface area contributed by atoms with E-state index in [0.717, 1.165) is 58.3 Å². The molecule has 0 amide bonds. The minimum atomic E-state index is 0.361. The summed E-state index contributed by atoms with van der Waals surface area (Å²) < 4.78 is 5.62. The van der Waals surface area contributed by atoms with Gasteiger partial charge in [-0.05, 0) is 71.0 Å². The second-order valence-electron chi connectivity index (χ2n) is 7.51. The smallest absolute Gasteiger partial charge is 0.191 e. The van der Waals surface area contributed by atoms with Crippen LogP contribution in [0, 0.1) is 5.41 Å². The molecule has 26 heavy (non-hydrogen) atoms. The van der Waals surface area contributed by atoms with Crippen molar-refractivity contribution in [2.75, 3.05) is 52.5 Å². The highest BCUT2D eigenvalue weighted by Gasteiger charge is 2.33. The zero-order valence-electron chi connectivity index (χ0n) is 17.9. The van der Waals surface area contributed by atoms with Gasteiger partial charge >= 0.3 is 0 Å². The molecule has 0 aromatic rings. The number of rotatable bonds is 14. The van der Waals surface area contributed by atoms with Crippen LogP contribution < -0.4 is 10.6 Å². The van der Waals surface area contributed by atoms with Gasteiger partial charge in [0.25, 0.3) is 0 Å². The highest BCUT2D eigenvalue weighted by molar-refractivity contribution is 5.79. The molecular weight excluding hydrogens is 324 g/mol. The predicted octanol–water partition coefficient (Wildman–Crippen LogP) is 3.65. The minimum absolute atomic E-state index is 0.361. The number of nitrogens with zero attached hydrogens (tertiary/aromatic N) is 2. The molecule has 0 radical (unpaired) electrons. The first-order valence-corrected chi connectivity index (χ1v) is 11.0. The fourth-order valence-corrected chi connectivity index (χ4v) is 3.84. The maximum Gasteiger partial charge on any atom is 0.191 e. The predicted molar refractivity (Wildman–Crippen MR) is 113 cm³/mol. The van der Waals surface area contributed by atoms with Crippen molar-refractivity contribution in [3.05, 3.63) is 0 Å². The molecule has 1 aliphatic carbocycles. The first-order valence-electron chi connectivity index (χ1n) is 11.0. The van der Waals surface area contributed by atoms with Gasteiger partial charge < -0.3 is 20.3 Å². The van der Waals surface area contributed by atoms with Gasteiger partial charge in [-0.15, -0.1) is 0 Å². The van der Waals surface area contributed by atoms with E-state index in [0.29, 0.717) is 5.41 Å². The van der Waals surface area contributed by atoms with E-state index < -0.39 is 0 Å². The number of guanidine groups is 1. The Morgan fingerprint density at radius 1 is 1.04 bits per heavy atom. The van der Waals surface area contributed by atoms with Gasteiger partial charge in [0.1, 0.15) is 0 Å². The van der Waals surface area contributed by atoms with E-state index in [-0.39, 0.29) is 0 Å². The van der Waals surface area contributed by atoms with Crippen LogP contribution in [0.4, 0.5) is 0 Å². The van der Waals surface area contributed by atoms with E-state index in [4.69, 9.17) is 9.73 Å². The third-order valence-corrected chi connectivity index (χ3v) is 5.65. The van der Waals surface area contributed by atoms with Crippen LogP contribution in [0.3, 0.4) is 0 Å². The standard InChI is InChI=1S/C21H44N4O/c1-5-22-20(23-16-11-12-17-25(6-2)7-3)24-19-21(13-9-10-14-21)15-18-26-8-4/h5-19H2,1-4H3,(H2,22,23,24). The summed E-state index contributed by atoms with van der Waals surface area (Å²) in [5.41, 5.74) is 0.361. The van der Waals surface area contributed by atoms with Crippen molar-refractivity contribution in [3.8, 4) is 0 Å². The van der Waals surface area contributed by atoms with Gasteiger partial charge in [-0.3, -0.25) is 4.99 Å². The van der Waals surface area contributed by atoms with E-state index in [1.54, 1.807) is 0 Å². The molecule has 0 atom stereocenters. The Morgan fingerprint density at radius 3 is 2.38 bits per heavy atom. The fourth-order valence-electron chi connectivity index (χ4n) is 3.84. The first-order chi connectivity index (χ1) is 12.7. The van der Waals surface area contributed by atoms with Crippen LogP contribution in [0.2, 0.25) is 0 Å². The van der Waals surface area contributed by atoms with Crippen LogP contribution in [0.5, 0.6) is 0 Å². The second kappa shape index (κ2) is 14.3. The second-order valence-corrected chi connectivity index (χ2v) is 7.51.